The van der Waals surface area contributed by atoms with Gasteiger partial charge in [0, 0.05) is 38.8 Å². The van der Waals surface area contributed by atoms with Gasteiger partial charge in [0.05, 0.1) is 11.4 Å². The monoisotopic (exact) mass is 492 g/mol. The van der Waals surface area contributed by atoms with Crippen LogP contribution in [0.25, 0.3) is 0 Å². The zero-order chi connectivity index (χ0) is 18.1. The summed E-state index contributed by atoms with van der Waals surface area (Å²) >= 11 is 0. The van der Waals surface area contributed by atoms with Gasteiger partial charge in [-0.1, -0.05) is 0 Å². The van der Waals surface area contributed by atoms with Crippen LogP contribution in [0.4, 0.5) is 0 Å². The first kappa shape index (κ1) is 22.3. The molecule has 0 aliphatic rings. The third kappa shape index (κ3) is 7.65. The summed E-state index contributed by atoms with van der Waals surface area (Å²) < 4.78 is 30.5. The molecule has 0 saturated heterocycles. The second-order valence-corrected chi connectivity index (χ2v) is 7.45. The Labute approximate surface area is 171 Å². The second kappa shape index (κ2) is 11.1. The van der Waals surface area contributed by atoms with Crippen LogP contribution in [-0.4, -0.2) is 51.9 Å². The smallest absolute Gasteiger partial charge is 0.191 e. The van der Waals surface area contributed by atoms with Gasteiger partial charge < -0.3 is 19.9 Å². The number of nitrogens with zero attached hydrogens (tertiary/aromatic N) is 2. The number of halogens is 1. The van der Waals surface area contributed by atoms with Gasteiger partial charge in [-0.3, -0.25) is 4.99 Å². The largest absolute Gasteiger partial charge is 0.492 e. The number of ether oxygens (including phenoxy) is 1. The first-order valence-corrected chi connectivity index (χ1v) is 9.86. The highest BCUT2D eigenvalue weighted by Gasteiger charge is 2.06. The van der Waals surface area contributed by atoms with Crippen LogP contribution in [0.5, 0.6) is 5.75 Å². The predicted octanol–water partition coefficient (Wildman–Crippen LogP) is 1.75. The zero-order valence-electron chi connectivity index (χ0n) is 14.9. The molecule has 2 rings (SSSR count). The highest BCUT2D eigenvalue weighted by atomic mass is 127. The van der Waals surface area contributed by atoms with Crippen LogP contribution in [0, 0.1) is 0 Å². The van der Waals surface area contributed by atoms with Crippen LogP contribution in [0.1, 0.15) is 0 Å². The van der Waals surface area contributed by atoms with Gasteiger partial charge in [-0.05, 0) is 36.4 Å². The molecular weight excluding hydrogens is 467 g/mol. The van der Waals surface area contributed by atoms with Crippen molar-refractivity contribution in [2.45, 2.75) is 11.4 Å². The number of nitrogens with one attached hydrogen (secondary N) is 2. The van der Waals surface area contributed by atoms with E-state index in [1.165, 1.54) is 6.26 Å². The van der Waals surface area contributed by atoms with Gasteiger partial charge in [-0.15, -0.1) is 24.0 Å². The van der Waals surface area contributed by atoms with E-state index in [2.05, 4.69) is 20.2 Å². The fourth-order valence-corrected chi connectivity index (χ4v) is 2.80. The van der Waals surface area contributed by atoms with Gasteiger partial charge in [-0.25, -0.2) is 8.42 Å². The molecule has 0 aliphatic carbocycles. The molecule has 2 aromatic rings. The SMILES string of the molecule is CN=C(NCCOc1ccc(S(C)(=O)=O)cc1)NCCn1cccc1.I. The first-order valence-electron chi connectivity index (χ1n) is 7.97. The van der Waals surface area contributed by atoms with E-state index < -0.39 is 9.84 Å². The molecule has 1 aromatic heterocycles. The van der Waals surface area contributed by atoms with E-state index in [-0.39, 0.29) is 28.9 Å². The van der Waals surface area contributed by atoms with E-state index in [1.54, 1.807) is 31.3 Å². The summed E-state index contributed by atoms with van der Waals surface area (Å²) in [7, 11) is -1.46. The van der Waals surface area contributed by atoms with Crippen molar-refractivity contribution in [3.05, 3.63) is 48.8 Å². The van der Waals surface area contributed by atoms with Gasteiger partial charge in [0.2, 0.25) is 0 Å². The van der Waals surface area contributed by atoms with Crippen LogP contribution in [0.2, 0.25) is 0 Å². The molecule has 26 heavy (non-hydrogen) atoms. The molecule has 7 nitrogen and oxygen atoms in total. The fourth-order valence-electron chi connectivity index (χ4n) is 2.16. The van der Waals surface area contributed by atoms with E-state index in [1.807, 2.05) is 24.5 Å². The Bertz CT molecular complexity index is 775. The van der Waals surface area contributed by atoms with Crippen LogP contribution in [0.15, 0.2) is 58.7 Å². The third-order valence-electron chi connectivity index (χ3n) is 3.47. The zero-order valence-corrected chi connectivity index (χ0v) is 18.0. The Kier molecular flexibility index (Phi) is 9.49. The minimum Gasteiger partial charge on any atom is -0.492 e. The summed E-state index contributed by atoms with van der Waals surface area (Å²) in [6.45, 7) is 2.65. The average molecular weight is 492 g/mol. The molecule has 0 bridgehead atoms. The third-order valence-corrected chi connectivity index (χ3v) is 4.60. The van der Waals surface area contributed by atoms with Crippen LogP contribution >= 0.6 is 24.0 Å². The number of benzene rings is 1. The normalized spacial score (nSPS) is 11.5. The Morgan fingerprint density at radius 3 is 2.31 bits per heavy atom. The van der Waals surface area contributed by atoms with Crippen molar-refractivity contribution in [2.24, 2.45) is 4.99 Å². The summed E-state index contributed by atoms with van der Waals surface area (Å²) in [4.78, 5) is 4.44. The maximum absolute atomic E-state index is 11.4. The summed E-state index contributed by atoms with van der Waals surface area (Å²) in [5.74, 6) is 1.34. The van der Waals surface area contributed by atoms with E-state index in [9.17, 15) is 8.42 Å². The van der Waals surface area contributed by atoms with Gasteiger partial charge in [0.15, 0.2) is 15.8 Å². The Hall–Kier alpha value is -1.75. The molecule has 144 valence electrons. The topological polar surface area (TPSA) is 84.7 Å². The number of aromatic nitrogens is 1. The van der Waals surface area contributed by atoms with Crippen molar-refractivity contribution in [2.75, 3.05) is 33.0 Å². The molecule has 2 N–H and O–H groups in total. The lowest BCUT2D eigenvalue weighted by molar-refractivity contribution is 0.321. The van der Waals surface area contributed by atoms with Crippen molar-refractivity contribution in [1.82, 2.24) is 15.2 Å². The number of guanidine groups is 1. The van der Waals surface area contributed by atoms with Gasteiger partial charge in [0.25, 0.3) is 0 Å². The van der Waals surface area contributed by atoms with Crippen molar-refractivity contribution < 1.29 is 13.2 Å². The number of rotatable bonds is 8. The lowest BCUT2D eigenvalue weighted by Gasteiger charge is -2.13. The molecule has 0 aliphatic heterocycles. The lowest BCUT2D eigenvalue weighted by atomic mass is 10.3. The van der Waals surface area contributed by atoms with Crippen molar-refractivity contribution >= 4 is 39.8 Å². The summed E-state index contributed by atoms with van der Waals surface area (Å²) in [5, 5.41) is 6.39. The van der Waals surface area contributed by atoms with Gasteiger partial charge in [0.1, 0.15) is 12.4 Å². The predicted molar refractivity (Wildman–Crippen MR) is 114 cm³/mol. The Morgan fingerprint density at radius 2 is 1.73 bits per heavy atom. The molecule has 0 saturated carbocycles. The molecule has 1 heterocycles. The highest BCUT2D eigenvalue weighted by Crippen LogP contribution is 2.15. The van der Waals surface area contributed by atoms with E-state index in [0.29, 0.717) is 24.9 Å². The molecular formula is C17H25IN4O3S. The van der Waals surface area contributed by atoms with Crippen molar-refractivity contribution in [3.63, 3.8) is 0 Å². The minimum atomic E-state index is -3.18. The van der Waals surface area contributed by atoms with Gasteiger partial charge in [-0.2, -0.15) is 0 Å². The lowest BCUT2D eigenvalue weighted by Crippen LogP contribution is -2.40. The summed E-state index contributed by atoms with van der Waals surface area (Å²) in [5.41, 5.74) is 0. The first-order chi connectivity index (χ1) is 12.0. The van der Waals surface area contributed by atoms with Gasteiger partial charge >= 0.3 is 0 Å². The molecule has 0 radical (unpaired) electrons. The number of hydrogen-bond donors (Lipinski definition) is 2. The molecule has 9 heteroatoms. The standard InChI is InChI=1S/C17H24N4O3S.HI/c1-18-17(19-9-13-21-11-3-4-12-21)20-10-14-24-15-5-7-16(8-6-15)25(2,22)23;/h3-8,11-12H,9-10,13-14H2,1-2H3,(H2,18,19,20);1H. The number of sulfone groups is 1. The van der Waals surface area contributed by atoms with Crippen molar-refractivity contribution in [1.29, 1.82) is 0 Å². The Morgan fingerprint density at radius 1 is 1.12 bits per heavy atom. The molecule has 0 fully saturated rings. The summed E-state index contributed by atoms with van der Waals surface area (Å²) in [6, 6.07) is 10.4. The van der Waals surface area contributed by atoms with Crippen molar-refractivity contribution in [3.8, 4) is 5.75 Å². The second-order valence-electron chi connectivity index (χ2n) is 5.44. The van der Waals surface area contributed by atoms with E-state index in [4.69, 9.17) is 4.74 Å². The minimum absolute atomic E-state index is 0. The molecule has 1 aromatic carbocycles. The number of aliphatic imine (C=N–C) groups is 1. The molecule has 0 unspecified atom stereocenters. The quantitative estimate of drug-likeness (QED) is 0.254. The van der Waals surface area contributed by atoms with E-state index in [0.717, 1.165) is 13.1 Å². The Balaban J connectivity index is 0.00000338. The molecule has 0 amide bonds. The molecule has 0 spiro atoms. The average Bonchev–Trinajstić information content (AvgIpc) is 3.10. The molecule has 0 atom stereocenters. The maximum Gasteiger partial charge on any atom is 0.191 e. The summed E-state index contributed by atoms with van der Waals surface area (Å²) in [6.07, 6.45) is 5.21. The van der Waals surface area contributed by atoms with Crippen LogP contribution < -0.4 is 15.4 Å². The fraction of sp³-hybridized carbons (Fsp3) is 0.353. The maximum atomic E-state index is 11.4. The van der Waals surface area contributed by atoms with E-state index >= 15 is 0 Å². The van der Waals surface area contributed by atoms with Crippen LogP contribution in [-0.2, 0) is 16.4 Å². The highest BCUT2D eigenvalue weighted by molar-refractivity contribution is 14.0. The van der Waals surface area contributed by atoms with Crippen LogP contribution in [0.3, 0.4) is 0 Å². The number of hydrogen-bond acceptors (Lipinski definition) is 4.